The Hall–Kier alpha value is -2.86. The first-order chi connectivity index (χ1) is 13.5. The van der Waals surface area contributed by atoms with Crippen molar-refractivity contribution in [2.45, 2.75) is 32.7 Å². The van der Waals surface area contributed by atoms with E-state index in [0.717, 1.165) is 40.7 Å². The van der Waals surface area contributed by atoms with E-state index in [4.69, 9.17) is 4.74 Å². The molecule has 0 aliphatic carbocycles. The fourth-order valence-corrected chi connectivity index (χ4v) is 3.65. The van der Waals surface area contributed by atoms with E-state index in [1.165, 1.54) is 5.56 Å². The number of hydrogen-bond acceptors (Lipinski definition) is 5. The van der Waals surface area contributed by atoms with Gasteiger partial charge in [0.1, 0.15) is 5.75 Å². The maximum absolute atomic E-state index is 11.1. The molecular weight excluding hydrogens is 370 g/mol. The van der Waals surface area contributed by atoms with Crippen LogP contribution < -0.4 is 15.4 Å². The number of hydrogen-bond donors (Lipinski definition) is 2. The van der Waals surface area contributed by atoms with Gasteiger partial charge in [-0.25, -0.2) is 4.98 Å². The van der Waals surface area contributed by atoms with Gasteiger partial charge < -0.3 is 15.4 Å². The summed E-state index contributed by atoms with van der Waals surface area (Å²) in [5.74, 6) is 0.849. The van der Waals surface area contributed by atoms with E-state index in [9.17, 15) is 4.79 Å². The van der Waals surface area contributed by atoms with Gasteiger partial charge in [0, 0.05) is 29.6 Å². The van der Waals surface area contributed by atoms with Crippen LogP contribution in [-0.4, -0.2) is 24.0 Å². The van der Waals surface area contributed by atoms with Gasteiger partial charge in [-0.15, -0.1) is 11.3 Å². The van der Waals surface area contributed by atoms with Gasteiger partial charge in [0.2, 0.25) is 5.91 Å². The van der Waals surface area contributed by atoms with E-state index < -0.39 is 0 Å². The third-order valence-electron chi connectivity index (χ3n) is 4.41. The van der Waals surface area contributed by atoms with E-state index in [2.05, 4.69) is 45.3 Å². The second-order valence-corrected chi connectivity index (χ2v) is 7.59. The number of thiazole rings is 1. The second-order valence-electron chi connectivity index (χ2n) is 6.73. The summed E-state index contributed by atoms with van der Waals surface area (Å²) in [4.78, 5) is 15.8. The molecule has 6 heteroatoms. The van der Waals surface area contributed by atoms with Crippen LogP contribution in [0.15, 0.2) is 53.9 Å². The van der Waals surface area contributed by atoms with Gasteiger partial charge in [0.25, 0.3) is 0 Å². The van der Waals surface area contributed by atoms with Crippen LogP contribution in [0, 0.1) is 0 Å². The monoisotopic (exact) mass is 395 g/mol. The molecule has 0 aliphatic rings. The maximum atomic E-state index is 11.1. The Labute approximate surface area is 169 Å². The fraction of sp³-hybridized carbons (Fsp3) is 0.273. The molecule has 2 N–H and O–H groups in total. The van der Waals surface area contributed by atoms with E-state index in [1.807, 2.05) is 31.2 Å². The van der Waals surface area contributed by atoms with Gasteiger partial charge >= 0.3 is 0 Å². The number of ether oxygens (including phenoxy) is 1. The minimum absolute atomic E-state index is 0.0189. The molecule has 2 aromatic carbocycles. The molecule has 0 fully saturated rings. The first-order valence-electron chi connectivity index (χ1n) is 9.26. The fourth-order valence-electron chi connectivity index (χ4n) is 2.91. The van der Waals surface area contributed by atoms with E-state index >= 15 is 0 Å². The Bertz CT molecular complexity index is 904. The Balaban J connectivity index is 1.59. The van der Waals surface area contributed by atoms with E-state index in [0.29, 0.717) is 0 Å². The highest BCUT2D eigenvalue weighted by atomic mass is 32.1. The first kappa shape index (κ1) is 19.9. The molecule has 28 heavy (non-hydrogen) atoms. The summed E-state index contributed by atoms with van der Waals surface area (Å²) in [5, 5.41) is 9.15. The van der Waals surface area contributed by atoms with E-state index in [1.54, 1.807) is 25.4 Å². The highest BCUT2D eigenvalue weighted by molar-refractivity contribution is 7.14. The van der Waals surface area contributed by atoms with Crippen molar-refractivity contribution in [1.29, 1.82) is 0 Å². The minimum Gasteiger partial charge on any atom is -0.497 e. The van der Waals surface area contributed by atoms with Crippen LogP contribution in [0.5, 0.6) is 5.75 Å². The number of carbonyl (C=O) groups excluding carboxylic acids is 1. The van der Waals surface area contributed by atoms with Gasteiger partial charge in [0.15, 0.2) is 5.13 Å². The predicted molar refractivity (Wildman–Crippen MR) is 115 cm³/mol. The lowest BCUT2D eigenvalue weighted by atomic mass is 10.0. The quantitative estimate of drug-likeness (QED) is 0.562. The molecule has 1 amide bonds. The third kappa shape index (κ3) is 5.57. The van der Waals surface area contributed by atoms with Gasteiger partial charge in [-0.3, -0.25) is 4.79 Å². The molecule has 0 aliphatic heterocycles. The summed E-state index contributed by atoms with van der Waals surface area (Å²) < 4.78 is 5.18. The Morgan fingerprint density at radius 3 is 2.50 bits per heavy atom. The SMILES string of the molecule is COc1ccc(Nc2nc(-c3ccc(CC[C@@H](C)NC(C)=O)cc3)cs2)cc1. The molecule has 1 heterocycles. The van der Waals surface area contributed by atoms with Crippen molar-refractivity contribution in [1.82, 2.24) is 10.3 Å². The zero-order valence-corrected chi connectivity index (χ0v) is 17.2. The first-order valence-corrected chi connectivity index (χ1v) is 10.1. The molecule has 0 bridgehead atoms. The molecule has 0 saturated carbocycles. The summed E-state index contributed by atoms with van der Waals surface area (Å²) in [6.07, 6.45) is 1.86. The van der Waals surface area contributed by atoms with Crippen LogP contribution in [0.2, 0.25) is 0 Å². The maximum Gasteiger partial charge on any atom is 0.217 e. The summed E-state index contributed by atoms with van der Waals surface area (Å²) in [5.41, 5.74) is 4.29. The van der Waals surface area contributed by atoms with E-state index in [-0.39, 0.29) is 11.9 Å². The minimum atomic E-state index is 0.0189. The van der Waals surface area contributed by atoms with Crippen molar-refractivity contribution in [2.75, 3.05) is 12.4 Å². The van der Waals surface area contributed by atoms with Crippen molar-refractivity contribution in [3.8, 4) is 17.0 Å². The molecule has 146 valence electrons. The van der Waals surface area contributed by atoms with Crippen molar-refractivity contribution in [3.05, 3.63) is 59.5 Å². The number of nitrogens with one attached hydrogen (secondary N) is 2. The Morgan fingerprint density at radius 1 is 1.14 bits per heavy atom. The van der Waals surface area contributed by atoms with Crippen LogP contribution >= 0.6 is 11.3 Å². The largest absolute Gasteiger partial charge is 0.497 e. The van der Waals surface area contributed by atoms with Crippen LogP contribution in [-0.2, 0) is 11.2 Å². The number of amides is 1. The van der Waals surface area contributed by atoms with Gasteiger partial charge in [-0.2, -0.15) is 0 Å². The normalized spacial score (nSPS) is 11.7. The molecule has 0 radical (unpaired) electrons. The zero-order valence-electron chi connectivity index (χ0n) is 16.4. The molecule has 3 aromatic rings. The van der Waals surface area contributed by atoms with Gasteiger partial charge in [-0.1, -0.05) is 24.3 Å². The second kappa shape index (κ2) is 9.37. The van der Waals surface area contributed by atoms with Crippen molar-refractivity contribution < 1.29 is 9.53 Å². The summed E-state index contributed by atoms with van der Waals surface area (Å²) in [6.45, 7) is 3.58. The highest BCUT2D eigenvalue weighted by Crippen LogP contribution is 2.28. The molecule has 0 spiro atoms. The van der Waals surface area contributed by atoms with Crippen LogP contribution in [0.1, 0.15) is 25.8 Å². The lowest BCUT2D eigenvalue weighted by Gasteiger charge is -2.12. The molecule has 1 atom stereocenters. The number of aryl methyl sites for hydroxylation is 1. The number of methoxy groups -OCH3 is 1. The average molecular weight is 396 g/mol. The molecule has 0 unspecified atom stereocenters. The van der Waals surface area contributed by atoms with Gasteiger partial charge in [0.05, 0.1) is 12.8 Å². The predicted octanol–water partition coefficient (Wildman–Crippen LogP) is 5.02. The summed E-state index contributed by atoms with van der Waals surface area (Å²) >= 11 is 1.58. The summed E-state index contributed by atoms with van der Waals surface area (Å²) in [7, 11) is 1.66. The number of carbonyl (C=O) groups is 1. The topological polar surface area (TPSA) is 63.2 Å². The van der Waals surface area contributed by atoms with Crippen molar-refractivity contribution >= 4 is 28.1 Å². The summed E-state index contributed by atoms with van der Waals surface area (Å²) in [6, 6.07) is 16.4. The number of nitrogens with zero attached hydrogens (tertiary/aromatic N) is 1. The number of aromatic nitrogens is 1. The zero-order chi connectivity index (χ0) is 19.9. The highest BCUT2D eigenvalue weighted by Gasteiger charge is 2.07. The third-order valence-corrected chi connectivity index (χ3v) is 5.17. The lowest BCUT2D eigenvalue weighted by molar-refractivity contribution is -0.119. The van der Waals surface area contributed by atoms with Crippen LogP contribution in [0.3, 0.4) is 0 Å². The number of rotatable bonds is 8. The van der Waals surface area contributed by atoms with Crippen molar-refractivity contribution in [2.24, 2.45) is 0 Å². The average Bonchev–Trinajstić information content (AvgIpc) is 3.15. The van der Waals surface area contributed by atoms with Crippen LogP contribution in [0.25, 0.3) is 11.3 Å². The van der Waals surface area contributed by atoms with Crippen molar-refractivity contribution in [3.63, 3.8) is 0 Å². The Kier molecular flexibility index (Phi) is 6.66. The van der Waals surface area contributed by atoms with Crippen LogP contribution in [0.4, 0.5) is 10.8 Å². The smallest absolute Gasteiger partial charge is 0.217 e. The number of benzene rings is 2. The molecule has 5 nitrogen and oxygen atoms in total. The molecule has 3 rings (SSSR count). The van der Waals surface area contributed by atoms with Gasteiger partial charge in [-0.05, 0) is 49.6 Å². The molecular formula is C22H25N3O2S. The Morgan fingerprint density at radius 2 is 1.86 bits per heavy atom. The molecule has 0 saturated heterocycles. The standard InChI is InChI=1S/C22H25N3O2S/c1-15(23-16(2)26)4-5-17-6-8-18(9-7-17)21-14-28-22(25-21)24-19-10-12-20(27-3)13-11-19/h6-15H,4-5H2,1-3H3,(H,23,26)(H,24,25)/t15-/m1/s1. The lowest BCUT2D eigenvalue weighted by Crippen LogP contribution is -2.30. The number of anilines is 2. The molecule has 1 aromatic heterocycles.